The maximum Gasteiger partial charge on any atom is 0.264 e. The molecular weight excluding hydrogens is 320 g/mol. The summed E-state index contributed by atoms with van der Waals surface area (Å²) in [5.74, 6) is -0.152. The fourth-order valence-corrected chi connectivity index (χ4v) is 3.41. The van der Waals surface area contributed by atoms with Crippen LogP contribution in [0, 0.1) is 0 Å². The highest BCUT2D eigenvalue weighted by molar-refractivity contribution is 7.85. The van der Waals surface area contributed by atoms with E-state index in [1.807, 2.05) is 0 Å². The summed E-state index contributed by atoms with van der Waals surface area (Å²) < 4.78 is 30.6. The summed E-state index contributed by atoms with van der Waals surface area (Å²) in [6, 6.07) is 6.79. The van der Waals surface area contributed by atoms with E-state index in [0.717, 1.165) is 25.7 Å². The van der Waals surface area contributed by atoms with Gasteiger partial charge in [0.1, 0.15) is 0 Å². The number of aryl methyl sites for hydroxylation is 1. The number of hydrogen-bond donors (Lipinski definition) is 1. The number of rotatable bonds is 9. The first-order valence-corrected chi connectivity index (χ1v) is 10.6. The molecular formula is C20H34O3S. The molecule has 0 aliphatic rings. The summed E-state index contributed by atoms with van der Waals surface area (Å²) in [5, 5.41) is 0. The molecule has 1 rings (SSSR count). The molecule has 1 N–H and O–H groups in total. The van der Waals surface area contributed by atoms with E-state index in [1.54, 1.807) is 0 Å². The smallest absolute Gasteiger partial charge is 0.264 e. The van der Waals surface area contributed by atoms with Crippen molar-refractivity contribution in [1.29, 1.82) is 0 Å². The van der Waals surface area contributed by atoms with Gasteiger partial charge in [0.15, 0.2) is 0 Å². The molecule has 0 spiro atoms. The third kappa shape index (κ3) is 5.89. The highest BCUT2D eigenvalue weighted by Gasteiger charge is 2.25. The average molecular weight is 355 g/mol. The van der Waals surface area contributed by atoms with Crippen LogP contribution in [0.3, 0.4) is 0 Å². The molecule has 0 aliphatic heterocycles. The molecule has 4 heteroatoms. The van der Waals surface area contributed by atoms with Crippen LogP contribution in [-0.2, 0) is 27.4 Å². The van der Waals surface area contributed by atoms with Crippen molar-refractivity contribution in [3.63, 3.8) is 0 Å². The lowest BCUT2D eigenvalue weighted by Gasteiger charge is -2.31. The van der Waals surface area contributed by atoms with Gasteiger partial charge in [-0.05, 0) is 59.6 Å². The molecule has 1 aromatic carbocycles. The molecule has 0 atom stereocenters. The summed E-state index contributed by atoms with van der Waals surface area (Å²) in [7, 11) is -3.85. The van der Waals surface area contributed by atoms with Gasteiger partial charge in [-0.15, -0.1) is 0 Å². The third-order valence-electron chi connectivity index (χ3n) is 5.49. The van der Waals surface area contributed by atoms with Gasteiger partial charge in [0, 0.05) is 0 Å². The van der Waals surface area contributed by atoms with Crippen molar-refractivity contribution < 1.29 is 13.0 Å². The van der Waals surface area contributed by atoms with Crippen molar-refractivity contribution in [3.8, 4) is 0 Å². The topological polar surface area (TPSA) is 54.4 Å². The Labute approximate surface area is 148 Å². The van der Waals surface area contributed by atoms with Gasteiger partial charge < -0.3 is 0 Å². The SMILES string of the molecule is CCC(C)(C)c1ccc(CCCCS(=O)(=O)O)c(C(C)(C)CC)c1. The molecule has 24 heavy (non-hydrogen) atoms. The Hall–Kier alpha value is -0.870. The maximum atomic E-state index is 10.9. The zero-order valence-electron chi connectivity index (χ0n) is 16.1. The standard InChI is InChI=1S/C20H34O3S/c1-7-19(3,4)17-13-12-16(11-9-10-14-24(21,22)23)18(15-17)20(5,6)8-2/h12-13,15H,7-11,14H2,1-6H3,(H,21,22,23). The second-order valence-electron chi connectivity index (χ2n) is 8.09. The number of unbranched alkanes of at least 4 members (excludes halogenated alkanes) is 1. The Balaban J connectivity index is 3.07. The average Bonchev–Trinajstić information content (AvgIpc) is 2.50. The van der Waals surface area contributed by atoms with Crippen LogP contribution < -0.4 is 0 Å². The van der Waals surface area contributed by atoms with E-state index in [4.69, 9.17) is 4.55 Å². The highest BCUT2D eigenvalue weighted by atomic mass is 32.2. The van der Waals surface area contributed by atoms with E-state index in [9.17, 15) is 8.42 Å². The van der Waals surface area contributed by atoms with Crippen molar-refractivity contribution in [2.45, 2.75) is 84.5 Å². The molecule has 0 saturated heterocycles. The largest absolute Gasteiger partial charge is 0.286 e. The Morgan fingerprint density at radius 3 is 2.04 bits per heavy atom. The zero-order valence-corrected chi connectivity index (χ0v) is 17.0. The summed E-state index contributed by atoms with van der Waals surface area (Å²) in [4.78, 5) is 0. The first-order valence-electron chi connectivity index (χ1n) is 9.02. The molecule has 0 radical (unpaired) electrons. The molecule has 3 nitrogen and oxygen atoms in total. The van der Waals surface area contributed by atoms with E-state index in [1.165, 1.54) is 16.7 Å². The fraction of sp³-hybridized carbons (Fsp3) is 0.700. The third-order valence-corrected chi connectivity index (χ3v) is 6.29. The van der Waals surface area contributed by atoms with Crippen LogP contribution in [0.15, 0.2) is 18.2 Å². The number of hydrogen-bond acceptors (Lipinski definition) is 2. The molecule has 0 amide bonds. The number of benzene rings is 1. The van der Waals surface area contributed by atoms with E-state index < -0.39 is 10.1 Å². The van der Waals surface area contributed by atoms with Crippen molar-refractivity contribution in [1.82, 2.24) is 0 Å². The Morgan fingerprint density at radius 1 is 0.958 bits per heavy atom. The highest BCUT2D eigenvalue weighted by Crippen LogP contribution is 2.35. The molecule has 1 aromatic rings. The van der Waals surface area contributed by atoms with Crippen LogP contribution in [-0.4, -0.2) is 18.7 Å². The normalized spacial score (nSPS) is 13.3. The fourth-order valence-electron chi connectivity index (χ4n) is 2.84. The van der Waals surface area contributed by atoms with E-state index in [-0.39, 0.29) is 16.6 Å². The molecule has 138 valence electrons. The van der Waals surface area contributed by atoms with Crippen molar-refractivity contribution in [2.24, 2.45) is 0 Å². The van der Waals surface area contributed by atoms with E-state index >= 15 is 0 Å². The monoisotopic (exact) mass is 354 g/mol. The van der Waals surface area contributed by atoms with E-state index in [2.05, 4.69) is 59.7 Å². The molecule has 0 unspecified atom stereocenters. The van der Waals surface area contributed by atoms with Crippen LogP contribution in [0.5, 0.6) is 0 Å². The lowest BCUT2D eigenvalue weighted by atomic mass is 9.74. The van der Waals surface area contributed by atoms with Gasteiger partial charge >= 0.3 is 0 Å². The van der Waals surface area contributed by atoms with Gasteiger partial charge in [0.2, 0.25) is 0 Å². The predicted octanol–water partition coefficient (Wildman–Crippen LogP) is 5.27. The summed E-state index contributed by atoms with van der Waals surface area (Å²) in [6.45, 7) is 13.5. The summed E-state index contributed by atoms with van der Waals surface area (Å²) in [6.07, 6.45) is 4.25. The lowest BCUT2D eigenvalue weighted by Crippen LogP contribution is -2.22. The minimum Gasteiger partial charge on any atom is -0.286 e. The lowest BCUT2D eigenvalue weighted by molar-refractivity contribution is 0.477. The first kappa shape index (κ1) is 21.2. The van der Waals surface area contributed by atoms with Gasteiger partial charge in [-0.3, -0.25) is 4.55 Å². The van der Waals surface area contributed by atoms with Crippen molar-refractivity contribution in [3.05, 3.63) is 34.9 Å². The zero-order chi connectivity index (χ0) is 18.6. The Morgan fingerprint density at radius 2 is 1.54 bits per heavy atom. The minimum absolute atomic E-state index is 0.0955. The Kier molecular flexibility index (Phi) is 7.06. The van der Waals surface area contributed by atoms with Gasteiger partial charge in [-0.2, -0.15) is 8.42 Å². The Bertz CT molecular complexity index is 643. The van der Waals surface area contributed by atoms with Gasteiger partial charge in [-0.25, -0.2) is 0 Å². The van der Waals surface area contributed by atoms with Gasteiger partial charge in [0.25, 0.3) is 10.1 Å². The quantitative estimate of drug-likeness (QED) is 0.485. The van der Waals surface area contributed by atoms with Gasteiger partial charge in [0.05, 0.1) is 5.75 Å². The maximum absolute atomic E-state index is 10.9. The van der Waals surface area contributed by atoms with Crippen molar-refractivity contribution >= 4 is 10.1 Å². The van der Waals surface area contributed by atoms with Crippen LogP contribution >= 0.6 is 0 Å². The second-order valence-corrected chi connectivity index (χ2v) is 9.66. The molecule has 0 bridgehead atoms. The second kappa shape index (κ2) is 8.01. The van der Waals surface area contributed by atoms with E-state index in [0.29, 0.717) is 6.42 Å². The van der Waals surface area contributed by atoms with Crippen molar-refractivity contribution in [2.75, 3.05) is 5.75 Å². The van der Waals surface area contributed by atoms with Crippen LogP contribution in [0.2, 0.25) is 0 Å². The minimum atomic E-state index is -3.85. The summed E-state index contributed by atoms with van der Waals surface area (Å²) >= 11 is 0. The summed E-state index contributed by atoms with van der Waals surface area (Å²) in [5.41, 5.74) is 4.28. The molecule has 0 aromatic heterocycles. The van der Waals surface area contributed by atoms with Gasteiger partial charge in [-0.1, -0.05) is 59.7 Å². The molecule has 0 fully saturated rings. The molecule has 0 heterocycles. The first-order chi connectivity index (χ1) is 10.9. The van der Waals surface area contributed by atoms with Crippen LogP contribution in [0.25, 0.3) is 0 Å². The molecule has 0 saturated carbocycles. The predicted molar refractivity (Wildman–Crippen MR) is 102 cm³/mol. The molecule has 0 aliphatic carbocycles. The van der Waals surface area contributed by atoms with Crippen LogP contribution in [0.1, 0.15) is 83.9 Å². The van der Waals surface area contributed by atoms with Crippen LogP contribution in [0.4, 0.5) is 0 Å².